The molecule has 0 unspecified atom stereocenters. The Balaban J connectivity index is 1.77. The number of nitrogen functional groups attached to an aromatic ring is 1. The third kappa shape index (κ3) is 2.73. The van der Waals surface area contributed by atoms with E-state index in [9.17, 15) is 0 Å². The van der Waals surface area contributed by atoms with Gasteiger partial charge in [-0.15, -0.1) is 11.3 Å². The highest BCUT2D eigenvalue weighted by Gasteiger charge is 2.15. The molecule has 0 atom stereocenters. The summed E-state index contributed by atoms with van der Waals surface area (Å²) in [6.07, 6.45) is 5.54. The largest absolute Gasteiger partial charge is 0.399 e. The zero-order valence-corrected chi connectivity index (χ0v) is 12.0. The molecule has 3 rings (SSSR count). The average molecular weight is 273 g/mol. The van der Waals surface area contributed by atoms with Crippen molar-refractivity contribution in [2.75, 3.05) is 23.7 Å². The molecule has 0 aliphatic carbocycles. The van der Waals surface area contributed by atoms with Gasteiger partial charge in [-0.05, 0) is 43.0 Å². The second kappa shape index (κ2) is 5.21. The van der Waals surface area contributed by atoms with Gasteiger partial charge in [0.1, 0.15) is 0 Å². The third-order valence-corrected chi connectivity index (χ3v) is 4.71. The molecule has 0 amide bonds. The van der Waals surface area contributed by atoms with Crippen LogP contribution in [0, 0.1) is 6.92 Å². The van der Waals surface area contributed by atoms with Crippen molar-refractivity contribution in [1.82, 2.24) is 4.98 Å². The lowest BCUT2D eigenvalue weighted by Crippen LogP contribution is -2.16. The minimum absolute atomic E-state index is 0.838. The fourth-order valence-corrected chi connectivity index (χ4v) is 3.49. The van der Waals surface area contributed by atoms with Crippen LogP contribution in [0.1, 0.15) is 28.8 Å². The third-order valence-electron chi connectivity index (χ3n) is 3.66. The van der Waals surface area contributed by atoms with E-state index >= 15 is 0 Å². The van der Waals surface area contributed by atoms with Crippen LogP contribution in [0.15, 0.2) is 24.4 Å². The lowest BCUT2D eigenvalue weighted by atomic mass is 10.0. The van der Waals surface area contributed by atoms with Crippen LogP contribution in [0.4, 0.5) is 10.8 Å². The Morgan fingerprint density at radius 3 is 2.89 bits per heavy atom. The summed E-state index contributed by atoms with van der Waals surface area (Å²) in [7, 11) is 0. The summed E-state index contributed by atoms with van der Waals surface area (Å²) >= 11 is 1.81. The summed E-state index contributed by atoms with van der Waals surface area (Å²) in [6.45, 7) is 4.45. The molecule has 0 spiro atoms. The minimum Gasteiger partial charge on any atom is -0.399 e. The monoisotopic (exact) mass is 273 g/mol. The quantitative estimate of drug-likeness (QED) is 0.873. The number of rotatable bonds is 3. The number of hydrogen-bond acceptors (Lipinski definition) is 4. The van der Waals surface area contributed by atoms with E-state index in [0.717, 1.165) is 25.2 Å². The van der Waals surface area contributed by atoms with E-state index in [1.807, 2.05) is 23.6 Å². The maximum Gasteiger partial charge on any atom is 0.185 e. The van der Waals surface area contributed by atoms with E-state index in [0.29, 0.717) is 0 Å². The van der Waals surface area contributed by atoms with Crippen molar-refractivity contribution in [3.05, 3.63) is 40.4 Å². The summed E-state index contributed by atoms with van der Waals surface area (Å²) in [5.74, 6) is 0. The van der Waals surface area contributed by atoms with Crippen molar-refractivity contribution in [2.24, 2.45) is 0 Å². The van der Waals surface area contributed by atoms with Crippen molar-refractivity contribution in [2.45, 2.75) is 26.2 Å². The number of hydrogen-bond donors (Lipinski definition) is 1. The number of nitrogens with zero attached hydrogens (tertiary/aromatic N) is 2. The van der Waals surface area contributed by atoms with Crippen LogP contribution >= 0.6 is 11.3 Å². The van der Waals surface area contributed by atoms with Gasteiger partial charge in [-0.25, -0.2) is 4.98 Å². The van der Waals surface area contributed by atoms with Gasteiger partial charge in [0.2, 0.25) is 0 Å². The highest BCUT2D eigenvalue weighted by molar-refractivity contribution is 7.15. The Bertz CT molecular complexity index is 571. The normalized spacial score (nSPS) is 15.1. The lowest BCUT2D eigenvalue weighted by molar-refractivity contribution is 0.949. The topological polar surface area (TPSA) is 42.1 Å². The fraction of sp³-hybridized carbons (Fsp3) is 0.400. The van der Waals surface area contributed by atoms with Crippen molar-refractivity contribution in [3.8, 4) is 0 Å². The molecular weight excluding hydrogens is 254 g/mol. The molecule has 1 aromatic heterocycles. The molecule has 19 heavy (non-hydrogen) atoms. The van der Waals surface area contributed by atoms with Gasteiger partial charge in [-0.2, -0.15) is 0 Å². The summed E-state index contributed by atoms with van der Waals surface area (Å²) in [4.78, 5) is 8.26. The van der Waals surface area contributed by atoms with Crippen LogP contribution in [0.5, 0.6) is 0 Å². The maximum atomic E-state index is 5.87. The first-order valence-corrected chi connectivity index (χ1v) is 7.59. The average Bonchev–Trinajstić information content (AvgIpc) is 3.04. The van der Waals surface area contributed by atoms with Gasteiger partial charge in [-0.3, -0.25) is 0 Å². The van der Waals surface area contributed by atoms with Gasteiger partial charge in [-0.1, -0.05) is 6.07 Å². The molecule has 3 nitrogen and oxygen atoms in total. The number of anilines is 2. The van der Waals surface area contributed by atoms with Gasteiger partial charge in [0.05, 0.1) is 0 Å². The molecular formula is C15H19N3S. The smallest absolute Gasteiger partial charge is 0.185 e. The number of aryl methyl sites for hydroxylation is 1. The Hall–Kier alpha value is -1.55. The molecule has 1 aromatic carbocycles. The summed E-state index contributed by atoms with van der Waals surface area (Å²) in [5.41, 5.74) is 9.30. The van der Waals surface area contributed by atoms with Crippen LogP contribution in [0.25, 0.3) is 0 Å². The first kappa shape index (κ1) is 12.5. The van der Waals surface area contributed by atoms with Gasteiger partial charge >= 0.3 is 0 Å². The van der Waals surface area contributed by atoms with Crippen LogP contribution < -0.4 is 10.6 Å². The van der Waals surface area contributed by atoms with Gasteiger partial charge in [0.25, 0.3) is 0 Å². The molecule has 2 N–H and O–H groups in total. The van der Waals surface area contributed by atoms with E-state index in [1.54, 1.807) is 0 Å². The molecule has 2 heterocycles. The van der Waals surface area contributed by atoms with Crippen molar-refractivity contribution in [1.29, 1.82) is 0 Å². The Labute approximate surface area is 118 Å². The van der Waals surface area contributed by atoms with Crippen LogP contribution in [0.2, 0.25) is 0 Å². The van der Waals surface area contributed by atoms with E-state index in [1.165, 1.54) is 34.0 Å². The standard InChI is InChI=1S/C15H19N3S/c1-11-4-5-13(16)8-12(11)9-14-10-17-15(19-14)18-6-2-3-7-18/h4-5,8,10H,2-3,6-7,9,16H2,1H3. The molecule has 1 fully saturated rings. The minimum atomic E-state index is 0.838. The van der Waals surface area contributed by atoms with E-state index in [-0.39, 0.29) is 0 Å². The number of nitrogens with two attached hydrogens (primary N) is 1. The number of thiazole rings is 1. The first-order valence-electron chi connectivity index (χ1n) is 6.77. The zero-order valence-electron chi connectivity index (χ0n) is 11.2. The van der Waals surface area contributed by atoms with Crippen molar-refractivity contribution >= 4 is 22.2 Å². The zero-order chi connectivity index (χ0) is 13.2. The summed E-state index contributed by atoms with van der Waals surface area (Å²) in [6, 6.07) is 6.12. The maximum absolute atomic E-state index is 5.87. The molecule has 4 heteroatoms. The van der Waals surface area contributed by atoms with Crippen LogP contribution in [0.3, 0.4) is 0 Å². The Morgan fingerprint density at radius 2 is 2.11 bits per heavy atom. The van der Waals surface area contributed by atoms with Gasteiger partial charge < -0.3 is 10.6 Å². The van der Waals surface area contributed by atoms with Gasteiger partial charge in [0.15, 0.2) is 5.13 Å². The number of benzene rings is 1. The van der Waals surface area contributed by atoms with Crippen molar-refractivity contribution < 1.29 is 0 Å². The van der Waals surface area contributed by atoms with Gasteiger partial charge in [0, 0.05) is 36.3 Å². The van der Waals surface area contributed by atoms with E-state index < -0.39 is 0 Å². The summed E-state index contributed by atoms with van der Waals surface area (Å²) < 4.78 is 0. The fourth-order valence-electron chi connectivity index (χ4n) is 2.50. The first-order chi connectivity index (χ1) is 9.22. The number of aromatic nitrogens is 1. The molecule has 0 saturated carbocycles. The van der Waals surface area contributed by atoms with E-state index in [2.05, 4.69) is 28.9 Å². The highest BCUT2D eigenvalue weighted by Crippen LogP contribution is 2.28. The molecule has 1 aliphatic rings. The van der Waals surface area contributed by atoms with E-state index in [4.69, 9.17) is 5.73 Å². The predicted molar refractivity (Wildman–Crippen MR) is 82.0 cm³/mol. The van der Waals surface area contributed by atoms with Crippen LogP contribution in [-0.2, 0) is 6.42 Å². The highest BCUT2D eigenvalue weighted by atomic mass is 32.1. The molecule has 0 radical (unpaired) electrons. The molecule has 100 valence electrons. The Kier molecular flexibility index (Phi) is 3.42. The molecule has 1 aliphatic heterocycles. The molecule has 1 saturated heterocycles. The molecule has 2 aromatic rings. The second-order valence-corrected chi connectivity index (χ2v) is 6.26. The molecule has 0 bridgehead atoms. The summed E-state index contributed by atoms with van der Waals surface area (Å²) in [5, 5.41) is 1.18. The van der Waals surface area contributed by atoms with Crippen molar-refractivity contribution in [3.63, 3.8) is 0 Å². The predicted octanol–water partition coefficient (Wildman–Crippen LogP) is 3.22. The SMILES string of the molecule is Cc1ccc(N)cc1Cc1cnc(N2CCCC2)s1. The second-order valence-electron chi connectivity index (χ2n) is 5.17. The van der Waals surface area contributed by atoms with Crippen LogP contribution in [-0.4, -0.2) is 18.1 Å². The lowest BCUT2D eigenvalue weighted by Gasteiger charge is -2.12. The Morgan fingerprint density at radius 1 is 1.32 bits per heavy atom.